The van der Waals surface area contributed by atoms with Crippen LogP contribution in [0, 0.1) is 0 Å². The molecule has 0 unspecified atom stereocenters. The van der Waals surface area contributed by atoms with Gasteiger partial charge in [0.05, 0.1) is 5.48 Å². The minimum Gasteiger partial charge on any atom is -0.542 e. The van der Waals surface area contributed by atoms with E-state index in [9.17, 15) is 14.7 Å². The first-order valence-corrected chi connectivity index (χ1v) is 2.94. The van der Waals surface area contributed by atoms with Crippen molar-refractivity contribution in [3.8, 4) is 0 Å². The molecule has 3 nitrogen and oxygen atoms in total. The second kappa shape index (κ2) is 5.91. The van der Waals surface area contributed by atoms with Crippen molar-refractivity contribution in [2.45, 2.75) is 6.37 Å². The number of carbonyl (C=O) groups excluding carboxylic acids is 2. The fourth-order valence-electron chi connectivity index (χ4n) is 0.511. The molecular formula is C9H7NaO3. The number of carboxylic acids is 1. The maximum atomic E-state index is 11.2. The molecule has 0 aliphatic rings. The minimum absolute atomic E-state index is 0. The molecule has 0 heterocycles. The van der Waals surface area contributed by atoms with Crippen molar-refractivity contribution in [2.75, 3.05) is 0 Å². The van der Waals surface area contributed by atoms with Crippen LogP contribution in [0.4, 0.5) is 0 Å². The van der Waals surface area contributed by atoms with Gasteiger partial charge in [-0.25, -0.2) is 0 Å². The Labute approximate surface area is 106 Å². The summed E-state index contributed by atoms with van der Waals surface area (Å²) in [6.07, 6.45) is -3.18. The van der Waals surface area contributed by atoms with Gasteiger partial charge in [-0.15, -0.1) is 0 Å². The van der Waals surface area contributed by atoms with E-state index in [2.05, 4.69) is 0 Å². The normalized spacial score (nSPS) is 16.3. The Bertz CT molecular complexity index is 519. The first-order valence-electron chi connectivity index (χ1n) is 5.94. The predicted molar refractivity (Wildman–Crippen MR) is 40.2 cm³/mol. The summed E-state index contributed by atoms with van der Waals surface area (Å²) in [5, 5.41) is 10.4. The molecule has 0 N–H and O–H groups in total. The smallest absolute Gasteiger partial charge is 0.542 e. The van der Waals surface area contributed by atoms with Crippen molar-refractivity contribution >= 4 is 11.8 Å². The molecule has 0 aliphatic carbocycles. The van der Waals surface area contributed by atoms with Crippen molar-refractivity contribution in [3.63, 3.8) is 0 Å². The van der Waals surface area contributed by atoms with Crippen LogP contribution in [0.15, 0.2) is 30.2 Å². The number of benzene rings is 1. The Kier molecular flexibility index (Phi) is 2.41. The van der Waals surface area contributed by atoms with E-state index in [0.717, 1.165) is 6.07 Å². The van der Waals surface area contributed by atoms with Gasteiger partial charge in [0, 0.05) is 9.11 Å². The fraction of sp³-hybridized carbons (Fsp3) is 0.111. The summed E-state index contributed by atoms with van der Waals surface area (Å²) >= 11 is 0. The summed E-state index contributed by atoms with van der Waals surface area (Å²) in [4.78, 5) is 21.6. The van der Waals surface area contributed by atoms with Crippen LogP contribution in [0.3, 0.4) is 0 Å². The van der Waals surface area contributed by atoms with Crippen molar-refractivity contribution in [3.05, 3.63) is 35.8 Å². The van der Waals surface area contributed by atoms with E-state index in [1.165, 1.54) is 0 Å². The third kappa shape index (κ3) is 4.22. The zero-order valence-corrected chi connectivity index (χ0v) is 8.80. The van der Waals surface area contributed by atoms with E-state index in [0.29, 0.717) is 0 Å². The molecule has 1 rings (SSSR count). The molecule has 0 fully saturated rings. The Morgan fingerprint density at radius 3 is 2.46 bits per heavy atom. The Hall–Kier alpha value is -0.640. The molecule has 0 aromatic heterocycles. The van der Waals surface area contributed by atoms with Gasteiger partial charge in [0.15, 0.2) is 5.78 Å². The van der Waals surface area contributed by atoms with Crippen molar-refractivity contribution in [1.29, 1.82) is 0 Å². The van der Waals surface area contributed by atoms with Gasteiger partial charge in [0.2, 0.25) is 0 Å². The zero-order valence-electron chi connectivity index (χ0n) is 12.8. The largest absolute Gasteiger partial charge is 1.00 e. The molecule has 1 aromatic rings. The van der Waals surface area contributed by atoms with Crippen LogP contribution in [0.25, 0.3) is 0 Å². The molecular weight excluding hydrogens is 180 g/mol. The molecule has 0 radical (unpaired) electrons. The molecule has 0 bridgehead atoms. The van der Waals surface area contributed by atoms with Gasteiger partial charge in [0.1, 0.15) is 5.97 Å². The van der Waals surface area contributed by atoms with E-state index in [1.807, 2.05) is 0 Å². The monoisotopic (exact) mass is 193 g/mol. The van der Waals surface area contributed by atoms with E-state index < -0.39 is 47.9 Å². The number of Topliss-reactive ketones (excluding diaryl/α,β-unsaturated/α-hetero) is 1. The summed E-state index contributed by atoms with van der Waals surface area (Å²) in [6, 6.07) is -1.89. The van der Waals surface area contributed by atoms with Gasteiger partial charge in [-0.3, -0.25) is 4.79 Å². The standard InChI is InChI=1S/C9H8O3.Na/c10-8(9(11)12)6-7-4-2-1-3-5-7;/h1-5H,6H2,(H,11,12);/q;+1/p-1/i1+1,2D,3D,4D,5D,6D2;. The van der Waals surface area contributed by atoms with Crippen LogP contribution in [-0.4, -0.2) is 11.8 Å². The molecule has 62 valence electrons. The van der Waals surface area contributed by atoms with Gasteiger partial charge in [-0.05, 0) is 5.56 Å². The van der Waals surface area contributed by atoms with Crippen LogP contribution in [0.1, 0.15) is 13.8 Å². The van der Waals surface area contributed by atoms with Gasteiger partial charge >= 0.3 is 29.6 Å². The van der Waals surface area contributed by atoms with Gasteiger partial charge in [-0.2, -0.15) is 0 Å². The Morgan fingerprint density at radius 2 is 2.00 bits per heavy atom. The summed E-state index contributed by atoms with van der Waals surface area (Å²) in [6.45, 7) is 0. The van der Waals surface area contributed by atoms with E-state index in [1.54, 1.807) is 0 Å². The van der Waals surface area contributed by atoms with Gasteiger partial charge in [-0.1, -0.05) is 30.2 Å². The molecule has 13 heavy (non-hydrogen) atoms. The number of hydrogen-bond acceptors (Lipinski definition) is 3. The van der Waals surface area contributed by atoms with Crippen LogP contribution in [-0.2, 0) is 16.0 Å². The number of rotatable bonds is 3. The summed E-state index contributed by atoms with van der Waals surface area (Å²) < 4.78 is 44.2. The van der Waals surface area contributed by atoms with E-state index in [-0.39, 0.29) is 29.6 Å². The number of hydrogen-bond donors (Lipinski definition) is 0. The predicted octanol–water partition coefficient (Wildman–Crippen LogP) is -3.45. The van der Waals surface area contributed by atoms with Crippen LogP contribution in [0.2, 0.25) is 0 Å². The molecule has 0 aliphatic heterocycles. The number of aliphatic carboxylic acids is 1. The third-order valence-electron chi connectivity index (χ3n) is 0.963. The average molecular weight is 193 g/mol. The van der Waals surface area contributed by atoms with Crippen molar-refractivity contribution in [1.82, 2.24) is 0 Å². The van der Waals surface area contributed by atoms with Crippen LogP contribution in [0.5, 0.6) is 0 Å². The topological polar surface area (TPSA) is 57.2 Å². The summed E-state index contributed by atoms with van der Waals surface area (Å²) in [5.41, 5.74) is -0.908. The second-order valence-corrected chi connectivity index (χ2v) is 1.80. The molecule has 0 atom stereocenters. The summed E-state index contributed by atoms with van der Waals surface area (Å²) in [5.74, 6) is -4.24. The Morgan fingerprint density at radius 1 is 1.46 bits per heavy atom. The SMILES string of the molecule is [2H]c1[13cH]c([2H])c([2H])c(C([2H])([2H])C(=O)C(=O)[O-])c1[2H].[Na+]. The first kappa shape index (κ1) is 5.29. The van der Waals surface area contributed by atoms with Crippen molar-refractivity contribution < 1.29 is 52.5 Å². The van der Waals surface area contributed by atoms with E-state index >= 15 is 0 Å². The summed E-state index contributed by atoms with van der Waals surface area (Å²) in [7, 11) is 0. The van der Waals surface area contributed by atoms with E-state index in [4.69, 9.17) is 8.22 Å². The third-order valence-corrected chi connectivity index (χ3v) is 0.963. The number of ketones is 1. The molecule has 0 amide bonds. The number of carbonyl (C=O) groups is 2. The van der Waals surface area contributed by atoms with Crippen LogP contribution >= 0.6 is 0 Å². The molecule has 4 heteroatoms. The Balaban J connectivity index is 0.00000324. The van der Waals surface area contributed by atoms with Crippen LogP contribution < -0.4 is 34.7 Å². The minimum atomic E-state index is -3.18. The molecule has 0 saturated heterocycles. The fourth-order valence-corrected chi connectivity index (χ4v) is 0.511. The van der Waals surface area contributed by atoms with Gasteiger partial charge < -0.3 is 9.90 Å². The molecule has 1 aromatic carbocycles. The number of carboxylic acid groups (broad SMARTS) is 1. The zero-order chi connectivity index (χ0) is 14.2. The first-order chi connectivity index (χ1) is 8.10. The second-order valence-electron chi connectivity index (χ2n) is 1.80. The maximum Gasteiger partial charge on any atom is 1.00 e. The molecule has 0 spiro atoms. The quantitative estimate of drug-likeness (QED) is 0.370. The maximum absolute atomic E-state index is 11.2. The van der Waals surface area contributed by atoms with Gasteiger partial charge in [0.25, 0.3) is 0 Å². The average Bonchev–Trinajstić information content (AvgIpc) is 2.25. The molecule has 0 saturated carbocycles. The van der Waals surface area contributed by atoms with Crippen molar-refractivity contribution in [2.24, 2.45) is 0 Å².